The molecule has 2 atom stereocenters. The van der Waals surface area contributed by atoms with Crippen LogP contribution in [0.25, 0.3) is 10.4 Å². The van der Waals surface area contributed by atoms with E-state index in [2.05, 4.69) is 43.9 Å². The van der Waals surface area contributed by atoms with Crippen molar-refractivity contribution in [2.24, 2.45) is 5.11 Å². The van der Waals surface area contributed by atoms with Crippen molar-refractivity contribution in [2.75, 3.05) is 13.1 Å². The summed E-state index contributed by atoms with van der Waals surface area (Å²) in [6, 6.07) is -0.373. The molecule has 0 spiro atoms. The maximum absolute atomic E-state index is 12.2. The summed E-state index contributed by atoms with van der Waals surface area (Å²) in [6.07, 6.45) is -0.670. The van der Waals surface area contributed by atoms with Crippen LogP contribution in [0.15, 0.2) is 5.11 Å². The van der Waals surface area contributed by atoms with Crippen LogP contribution < -0.4 is 0 Å². The van der Waals surface area contributed by atoms with Gasteiger partial charge in [0.2, 0.25) is 0 Å². The third kappa shape index (κ3) is 5.41. The first-order valence-electron chi connectivity index (χ1n) is 7.97. The maximum Gasteiger partial charge on any atom is 0.410 e. The van der Waals surface area contributed by atoms with Crippen LogP contribution in [0.5, 0.6) is 0 Å². The average molecular weight is 343 g/mol. The Labute approximate surface area is 140 Å². The van der Waals surface area contributed by atoms with Gasteiger partial charge in [0.1, 0.15) is 5.60 Å². The summed E-state index contributed by atoms with van der Waals surface area (Å²) in [5, 5.41) is 3.88. The first-order chi connectivity index (χ1) is 10.3. The zero-order valence-corrected chi connectivity index (χ0v) is 16.6. The Balaban J connectivity index is 2.87. The molecule has 1 fully saturated rings. The molecule has 0 aromatic carbocycles. The molecule has 1 aliphatic rings. The van der Waals surface area contributed by atoms with Crippen LogP contribution in [0.2, 0.25) is 18.1 Å². The quantitative estimate of drug-likeness (QED) is 0.331. The summed E-state index contributed by atoms with van der Waals surface area (Å²) in [5.41, 5.74) is 8.24. The van der Waals surface area contributed by atoms with Gasteiger partial charge in [0.05, 0.1) is 12.1 Å². The second kappa shape index (κ2) is 6.71. The smallest absolute Gasteiger partial charge is 0.410 e. The largest absolute Gasteiger partial charge is 0.444 e. The Kier molecular flexibility index (Phi) is 5.77. The highest BCUT2D eigenvalue weighted by atomic mass is 28.4. The van der Waals surface area contributed by atoms with Gasteiger partial charge in [0, 0.05) is 18.0 Å². The van der Waals surface area contributed by atoms with Gasteiger partial charge >= 0.3 is 6.09 Å². The minimum absolute atomic E-state index is 0.0489. The number of nitrogens with zero attached hydrogens (tertiary/aromatic N) is 4. The van der Waals surface area contributed by atoms with E-state index in [0.29, 0.717) is 13.1 Å². The SMILES string of the molecule is CC(C)(C)OC(=O)N1CC(N=[N+]=[N-])C(O[Si](C)(C)C(C)(C)C)C1. The van der Waals surface area contributed by atoms with Crippen LogP contribution in [-0.4, -0.2) is 50.1 Å². The lowest BCUT2D eigenvalue weighted by molar-refractivity contribution is 0.0272. The number of hydrogen-bond acceptors (Lipinski definition) is 4. The van der Waals surface area contributed by atoms with Crippen molar-refractivity contribution in [3.63, 3.8) is 0 Å². The van der Waals surface area contributed by atoms with E-state index in [1.165, 1.54) is 0 Å². The number of amides is 1. The molecule has 7 nitrogen and oxygen atoms in total. The molecule has 0 bridgehead atoms. The molecule has 1 heterocycles. The lowest BCUT2D eigenvalue weighted by atomic mass is 10.2. The predicted molar refractivity (Wildman–Crippen MR) is 92.8 cm³/mol. The van der Waals surface area contributed by atoms with E-state index < -0.39 is 20.0 Å². The normalized spacial score (nSPS) is 22.7. The summed E-state index contributed by atoms with van der Waals surface area (Å²) in [7, 11) is -2.01. The first-order valence-corrected chi connectivity index (χ1v) is 10.9. The molecule has 0 N–H and O–H groups in total. The van der Waals surface area contributed by atoms with Crippen molar-refractivity contribution in [3.05, 3.63) is 10.4 Å². The van der Waals surface area contributed by atoms with Gasteiger partial charge in [0.15, 0.2) is 8.32 Å². The Hall–Kier alpha value is -1.24. The molecule has 8 heteroatoms. The molecule has 0 saturated carbocycles. The Morgan fingerprint density at radius 3 is 2.22 bits per heavy atom. The van der Waals surface area contributed by atoms with Crippen LogP contribution in [0.1, 0.15) is 41.5 Å². The van der Waals surface area contributed by atoms with Gasteiger partial charge in [-0.25, -0.2) is 4.79 Å². The maximum atomic E-state index is 12.2. The van der Waals surface area contributed by atoms with E-state index in [1.54, 1.807) is 4.90 Å². The summed E-state index contributed by atoms with van der Waals surface area (Å²) in [5.74, 6) is 0. The number of likely N-dealkylation sites (tertiary alicyclic amines) is 1. The third-order valence-corrected chi connectivity index (χ3v) is 8.85. The molecule has 2 unspecified atom stereocenters. The van der Waals surface area contributed by atoms with E-state index in [9.17, 15) is 4.79 Å². The van der Waals surface area contributed by atoms with Crippen molar-refractivity contribution in [2.45, 2.75) is 77.4 Å². The second-order valence-electron chi connectivity index (χ2n) is 8.57. The highest BCUT2D eigenvalue weighted by Gasteiger charge is 2.44. The fourth-order valence-corrected chi connectivity index (χ4v) is 3.42. The van der Waals surface area contributed by atoms with Gasteiger partial charge in [-0.3, -0.25) is 0 Å². The Morgan fingerprint density at radius 2 is 1.78 bits per heavy atom. The molecule has 1 rings (SSSR count). The minimum Gasteiger partial charge on any atom is -0.444 e. The molecular formula is C15H30N4O3Si. The van der Waals surface area contributed by atoms with E-state index in [0.717, 1.165) is 0 Å². The Morgan fingerprint density at radius 1 is 1.22 bits per heavy atom. The van der Waals surface area contributed by atoms with E-state index in [-0.39, 0.29) is 17.2 Å². The minimum atomic E-state index is -2.01. The fourth-order valence-electron chi connectivity index (χ4n) is 2.08. The number of azide groups is 1. The summed E-state index contributed by atoms with van der Waals surface area (Å²) < 4.78 is 11.8. The van der Waals surface area contributed by atoms with Crippen molar-refractivity contribution < 1.29 is 14.0 Å². The van der Waals surface area contributed by atoms with Crippen LogP contribution in [0, 0.1) is 0 Å². The fraction of sp³-hybridized carbons (Fsp3) is 0.933. The highest BCUT2D eigenvalue weighted by molar-refractivity contribution is 6.74. The summed E-state index contributed by atoms with van der Waals surface area (Å²) >= 11 is 0. The number of carbonyl (C=O) groups excluding carboxylic acids is 1. The zero-order chi connectivity index (χ0) is 18.1. The van der Waals surface area contributed by atoms with E-state index in [4.69, 9.17) is 14.7 Å². The number of carbonyl (C=O) groups is 1. The molecule has 0 aliphatic carbocycles. The lowest BCUT2D eigenvalue weighted by Crippen LogP contribution is -2.46. The van der Waals surface area contributed by atoms with Crippen LogP contribution in [0.4, 0.5) is 4.79 Å². The number of ether oxygens (including phenoxy) is 1. The molecule has 1 aliphatic heterocycles. The Bertz CT molecular complexity index is 490. The molecule has 0 aromatic heterocycles. The zero-order valence-electron chi connectivity index (χ0n) is 15.6. The topological polar surface area (TPSA) is 87.5 Å². The van der Waals surface area contributed by atoms with Gasteiger partial charge < -0.3 is 14.1 Å². The van der Waals surface area contributed by atoms with Crippen molar-refractivity contribution in [1.82, 2.24) is 4.90 Å². The monoisotopic (exact) mass is 342 g/mol. The van der Waals surface area contributed by atoms with Crippen molar-refractivity contribution in [3.8, 4) is 0 Å². The van der Waals surface area contributed by atoms with Crippen LogP contribution in [-0.2, 0) is 9.16 Å². The number of hydrogen-bond donors (Lipinski definition) is 0. The summed E-state index contributed by atoms with van der Waals surface area (Å²) in [6.45, 7) is 17.0. The molecule has 1 amide bonds. The second-order valence-corrected chi connectivity index (χ2v) is 13.3. The predicted octanol–water partition coefficient (Wildman–Crippen LogP) is 4.31. The van der Waals surface area contributed by atoms with Crippen LogP contribution in [0.3, 0.4) is 0 Å². The molecule has 1 saturated heterocycles. The van der Waals surface area contributed by atoms with Crippen molar-refractivity contribution >= 4 is 14.4 Å². The average Bonchev–Trinajstić information content (AvgIpc) is 2.69. The van der Waals surface area contributed by atoms with Crippen LogP contribution >= 0.6 is 0 Å². The van der Waals surface area contributed by atoms with Gasteiger partial charge in [0.25, 0.3) is 0 Å². The van der Waals surface area contributed by atoms with E-state index >= 15 is 0 Å². The van der Waals surface area contributed by atoms with Gasteiger partial charge in [-0.05, 0) is 44.4 Å². The third-order valence-electron chi connectivity index (χ3n) is 4.34. The molecule has 23 heavy (non-hydrogen) atoms. The lowest BCUT2D eigenvalue weighted by Gasteiger charge is -2.39. The summed E-state index contributed by atoms with van der Waals surface area (Å²) in [4.78, 5) is 16.7. The molecular weight excluding hydrogens is 312 g/mol. The van der Waals surface area contributed by atoms with Gasteiger partial charge in [-0.2, -0.15) is 0 Å². The molecule has 0 aromatic rings. The van der Waals surface area contributed by atoms with E-state index in [1.807, 2.05) is 20.8 Å². The highest BCUT2D eigenvalue weighted by Crippen LogP contribution is 2.38. The first kappa shape index (κ1) is 19.8. The van der Waals surface area contributed by atoms with Gasteiger partial charge in [-0.15, -0.1) is 0 Å². The van der Waals surface area contributed by atoms with Gasteiger partial charge in [-0.1, -0.05) is 25.9 Å². The molecule has 0 radical (unpaired) electrons. The molecule has 132 valence electrons. The number of rotatable bonds is 3. The van der Waals surface area contributed by atoms with Crippen molar-refractivity contribution in [1.29, 1.82) is 0 Å². The standard InChI is InChI=1S/C15H30N4O3Si/c1-14(2,3)21-13(20)19-9-11(17-18-16)12(10-19)22-23(7,8)15(4,5)6/h11-12H,9-10H2,1-8H3.